The third-order valence-electron chi connectivity index (χ3n) is 2.58. The topological polar surface area (TPSA) is 102 Å². The maximum Gasteiger partial charge on any atom is 0.288 e. The predicted molar refractivity (Wildman–Crippen MR) is 75.6 cm³/mol. The number of amidine groups is 1. The third-order valence-corrected chi connectivity index (χ3v) is 2.88. The van der Waals surface area contributed by atoms with E-state index in [-0.39, 0.29) is 33.6 Å². The predicted octanol–water partition coefficient (Wildman–Crippen LogP) is 3.46. The van der Waals surface area contributed by atoms with Gasteiger partial charge in [0.25, 0.3) is 5.69 Å². The standard InChI is InChI=1S/C13H9ClFN3O3/c14-10-6-8(2-3-11(10)18(19)20)21-12-4-1-7(15)5-9(12)13(16)17/h1-6H,(H3,16,17). The molecule has 0 unspecified atom stereocenters. The normalized spacial score (nSPS) is 10.2. The van der Waals surface area contributed by atoms with Crippen molar-refractivity contribution in [2.45, 2.75) is 0 Å². The summed E-state index contributed by atoms with van der Waals surface area (Å²) in [5.74, 6) is -0.569. The molecule has 21 heavy (non-hydrogen) atoms. The van der Waals surface area contributed by atoms with Crippen molar-refractivity contribution in [3.63, 3.8) is 0 Å². The second-order valence-electron chi connectivity index (χ2n) is 4.03. The van der Waals surface area contributed by atoms with E-state index >= 15 is 0 Å². The summed E-state index contributed by atoms with van der Waals surface area (Å²) in [4.78, 5) is 10.0. The molecule has 2 rings (SSSR count). The number of rotatable bonds is 4. The number of nitrogens with two attached hydrogens (primary N) is 1. The molecular formula is C13H9ClFN3O3. The Morgan fingerprint density at radius 2 is 2.05 bits per heavy atom. The first-order valence-electron chi connectivity index (χ1n) is 5.64. The fraction of sp³-hybridized carbons (Fsp3) is 0. The fourth-order valence-electron chi connectivity index (χ4n) is 1.63. The van der Waals surface area contributed by atoms with Crippen molar-refractivity contribution >= 4 is 23.1 Å². The fourth-order valence-corrected chi connectivity index (χ4v) is 1.87. The molecule has 0 saturated heterocycles. The Morgan fingerprint density at radius 1 is 1.33 bits per heavy atom. The quantitative estimate of drug-likeness (QED) is 0.390. The Hall–Kier alpha value is -2.67. The minimum atomic E-state index is -0.620. The van der Waals surface area contributed by atoms with Crippen LogP contribution in [0, 0.1) is 21.3 Å². The smallest absolute Gasteiger partial charge is 0.288 e. The molecule has 0 aromatic heterocycles. The van der Waals surface area contributed by atoms with Gasteiger partial charge in [-0.15, -0.1) is 0 Å². The van der Waals surface area contributed by atoms with E-state index in [0.29, 0.717) is 0 Å². The first-order chi connectivity index (χ1) is 9.88. The van der Waals surface area contributed by atoms with Crippen molar-refractivity contribution < 1.29 is 14.1 Å². The molecule has 0 saturated carbocycles. The maximum absolute atomic E-state index is 13.1. The summed E-state index contributed by atoms with van der Waals surface area (Å²) < 4.78 is 18.6. The lowest BCUT2D eigenvalue weighted by atomic mass is 10.2. The lowest BCUT2D eigenvalue weighted by molar-refractivity contribution is -0.384. The van der Waals surface area contributed by atoms with Gasteiger partial charge < -0.3 is 10.5 Å². The molecule has 2 aromatic carbocycles. The van der Waals surface area contributed by atoms with Crippen LogP contribution in [0.2, 0.25) is 5.02 Å². The highest BCUT2D eigenvalue weighted by Crippen LogP contribution is 2.32. The second-order valence-corrected chi connectivity index (χ2v) is 4.43. The zero-order valence-corrected chi connectivity index (χ0v) is 11.2. The van der Waals surface area contributed by atoms with Gasteiger partial charge in [0.1, 0.15) is 28.2 Å². The van der Waals surface area contributed by atoms with E-state index < -0.39 is 10.7 Å². The minimum Gasteiger partial charge on any atom is -0.457 e. The van der Waals surface area contributed by atoms with Crippen LogP contribution in [-0.2, 0) is 0 Å². The van der Waals surface area contributed by atoms with Crippen molar-refractivity contribution in [1.29, 1.82) is 5.41 Å². The number of ether oxygens (including phenoxy) is 1. The van der Waals surface area contributed by atoms with E-state index in [1.165, 1.54) is 24.3 Å². The summed E-state index contributed by atoms with van der Waals surface area (Å²) in [5.41, 5.74) is 5.17. The lowest BCUT2D eigenvalue weighted by Crippen LogP contribution is -2.12. The van der Waals surface area contributed by atoms with E-state index in [1.807, 2.05) is 0 Å². The van der Waals surface area contributed by atoms with Gasteiger partial charge in [0, 0.05) is 12.1 Å². The van der Waals surface area contributed by atoms with Crippen molar-refractivity contribution in [2.24, 2.45) is 5.73 Å². The number of nitrogens with one attached hydrogen (secondary N) is 1. The van der Waals surface area contributed by atoms with Gasteiger partial charge in [0.2, 0.25) is 0 Å². The Labute approximate surface area is 123 Å². The van der Waals surface area contributed by atoms with Crippen molar-refractivity contribution in [3.05, 3.63) is 62.9 Å². The Kier molecular flexibility index (Phi) is 4.04. The molecule has 6 nitrogen and oxygen atoms in total. The maximum atomic E-state index is 13.1. The average Bonchev–Trinajstić information content (AvgIpc) is 2.40. The summed E-state index contributed by atoms with van der Waals surface area (Å²) in [6.07, 6.45) is 0. The van der Waals surface area contributed by atoms with Gasteiger partial charge in [-0.1, -0.05) is 11.6 Å². The van der Waals surface area contributed by atoms with Crippen LogP contribution in [-0.4, -0.2) is 10.8 Å². The highest BCUT2D eigenvalue weighted by atomic mass is 35.5. The molecule has 0 atom stereocenters. The molecule has 0 aliphatic carbocycles. The molecule has 8 heteroatoms. The first-order valence-corrected chi connectivity index (χ1v) is 6.02. The van der Waals surface area contributed by atoms with E-state index in [4.69, 9.17) is 27.5 Å². The number of halogens is 2. The zero-order valence-electron chi connectivity index (χ0n) is 10.5. The average molecular weight is 310 g/mol. The Bertz CT molecular complexity index is 737. The molecule has 0 aliphatic heterocycles. The van der Waals surface area contributed by atoms with Crippen molar-refractivity contribution in [2.75, 3.05) is 0 Å². The van der Waals surface area contributed by atoms with Crippen LogP contribution < -0.4 is 10.5 Å². The highest BCUT2D eigenvalue weighted by molar-refractivity contribution is 6.32. The molecule has 0 fully saturated rings. The number of hydrogen-bond acceptors (Lipinski definition) is 4. The van der Waals surface area contributed by atoms with Gasteiger partial charge in [0.15, 0.2) is 0 Å². The summed E-state index contributed by atoms with van der Waals surface area (Å²) in [6, 6.07) is 7.31. The molecule has 3 N–H and O–H groups in total. The number of nitrogen functional groups attached to an aromatic ring is 1. The first kappa shape index (κ1) is 14.7. The molecule has 0 spiro atoms. The van der Waals surface area contributed by atoms with Crippen LogP contribution in [0.4, 0.5) is 10.1 Å². The number of nitrogens with zero attached hydrogens (tertiary/aromatic N) is 1. The van der Waals surface area contributed by atoms with E-state index in [9.17, 15) is 14.5 Å². The van der Waals surface area contributed by atoms with Crippen LogP contribution in [0.1, 0.15) is 5.56 Å². The van der Waals surface area contributed by atoms with Crippen LogP contribution in [0.25, 0.3) is 0 Å². The largest absolute Gasteiger partial charge is 0.457 e. The SMILES string of the molecule is N=C(N)c1cc(F)ccc1Oc1ccc([N+](=O)[O-])c(Cl)c1. The second kappa shape index (κ2) is 5.76. The van der Waals surface area contributed by atoms with Gasteiger partial charge >= 0.3 is 0 Å². The monoisotopic (exact) mass is 309 g/mol. The van der Waals surface area contributed by atoms with Gasteiger partial charge in [-0.05, 0) is 24.3 Å². The van der Waals surface area contributed by atoms with Gasteiger partial charge in [-0.3, -0.25) is 15.5 Å². The van der Waals surface area contributed by atoms with Crippen LogP contribution in [0.15, 0.2) is 36.4 Å². The summed E-state index contributed by atoms with van der Waals surface area (Å²) in [6.45, 7) is 0. The lowest BCUT2D eigenvalue weighted by Gasteiger charge is -2.10. The van der Waals surface area contributed by atoms with E-state index in [2.05, 4.69) is 0 Å². The van der Waals surface area contributed by atoms with Crippen molar-refractivity contribution in [1.82, 2.24) is 0 Å². The molecule has 0 aliphatic rings. The van der Waals surface area contributed by atoms with Crippen LogP contribution in [0.3, 0.4) is 0 Å². The van der Waals surface area contributed by atoms with Gasteiger partial charge in [0.05, 0.1) is 10.5 Å². The molecule has 108 valence electrons. The number of benzene rings is 2. The van der Waals surface area contributed by atoms with Crippen molar-refractivity contribution in [3.8, 4) is 11.5 Å². The molecule has 0 bridgehead atoms. The number of nitro groups is 1. The van der Waals surface area contributed by atoms with Gasteiger partial charge in [-0.2, -0.15) is 0 Å². The number of hydrogen-bond donors (Lipinski definition) is 2. The molecule has 0 heterocycles. The molecule has 0 radical (unpaired) electrons. The van der Waals surface area contributed by atoms with Crippen LogP contribution >= 0.6 is 11.6 Å². The number of nitro benzene ring substituents is 1. The van der Waals surface area contributed by atoms with E-state index in [1.54, 1.807) is 0 Å². The minimum absolute atomic E-state index is 0.0736. The Morgan fingerprint density at radius 3 is 2.62 bits per heavy atom. The summed E-state index contributed by atoms with van der Waals surface area (Å²) >= 11 is 5.77. The van der Waals surface area contributed by atoms with Gasteiger partial charge in [-0.25, -0.2) is 4.39 Å². The zero-order chi connectivity index (χ0) is 15.6. The summed E-state index contributed by atoms with van der Waals surface area (Å²) in [5, 5.41) is 18.0. The molecule has 2 aromatic rings. The summed E-state index contributed by atoms with van der Waals surface area (Å²) in [7, 11) is 0. The van der Waals surface area contributed by atoms with E-state index in [0.717, 1.165) is 12.1 Å². The Balaban J connectivity index is 2.37. The highest BCUT2D eigenvalue weighted by Gasteiger charge is 2.14. The third kappa shape index (κ3) is 3.26. The molecular weight excluding hydrogens is 301 g/mol. The van der Waals surface area contributed by atoms with Crippen LogP contribution in [0.5, 0.6) is 11.5 Å². The molecule has 0 amide bonds.